The molecule has 29 heavy (non-hydrogen) atoms. The average molecular weight is 409 g/mol. The molecule has 5 heteroatoms. The van der Waals surface area contributed by atoms with Crippen LogP contribution in [-0.2, 0) is 24.3 Å². The Kier molecular flexibility index (Phi) is 7.14. The van der Waals surface area contributed by atoms with E-state index >= 15 is 0 Å². The lowest BCUT2D eigenvalue weighted by Gasteiger charge is -2.22. The van der Waals surface area contributed by atoms with Gasteiger partial charge in [-0.1, -0.05) is 48.0 Å². The van der Waals surface area contributed by atoms with Gasteiger partial charge in [-0.3, -0.25) is 4.79 Å². The number of ether oxygens (including phenoxy) is 1. The number of carbonyl (C=O) groups is 1. The van der Waals surface area contributed by atoms with Crippen LogP contribution in [0.2, 0.25) is 5.02 Å². The third-order valence-electron chi connectivity index (χ3n) is 4.79. The van der Waals surface area contributed by atoms with Gasteiger partial charge in [0.25, 0.3) is 0 Å². The van der Waals surface area contributed by atoms with Gasteiger partial charge in [0.15, 0.2) is 0 Å². The molecule has 0 N–H and O–H groups in total. The first-order valence-corrected chi connectivity index (χ1v) is 9.87. The van der Waals surface area contributed by atoms with Crippen LogP contribution in [0.1, 0.15) is 16.8 Å². The first kappa shape index (κ1) is 20.7. The first-order chi connectivity index (χ1) is 14.1. The van der Waals surface area contributed by atoms with E-state index in [4.69, 9.17) is 16.3 Å². The van der Waals surface area contributed by atoms with Crippen LogP contribution in [-0.4, -0.2) is 29.0 Å². The van der Waals surface area contributed by atoms with E-state index in [0.717, 1.165) is 27.6 Å². The van der Waals surface area contributed by atoms with E-state index < -0.39 is 0 Å². The number of benzene rings is 2. The monoisotopic (exact) mass is 408 g/mol. The second-order valence-electron chi connectivity index (χ2n) is 6.81. The van der Waals surface area contributed by atoms with Crippen LogP contribution >= 0.6 is 11.6 Å². The van der Waals surface area contributed by atoms with E-state index in [1.54, 1.807) is 13.2 Å². The molecule has 0 bridgehead atoms. The van der Waals surface area contributed by atoms with Crippen LogP contribution in [0.4, 0.5) is 0 Å². The highest BCUT2D eigenvalue weighted by molar-refractivity contribution is 6.31. The zero-order chi connectivity index (χ0) is 20.6. The maximum absolute atomic E-state index is 12.9. The Morgan fingerprint density at radius 2 is 1.90 bits per heavy atom. The van der Waals surface area contributed by atoms with Crippen molar-refractivity contribution in [2.24, 2.45) is 0 Å². The number of aromatic nitrogens is 1. The van der Waals surface area contributed by atoms with Crippen molar-refractivity contribution in [2.45, 2.75) is 19.5 Å². The van der Waals surface area contributed by atoms with Gasteiger partial charge in [-0.15, -0.1) is 6.58 Å². The molecule has 0 spiro atoms. The number of hydrogen-bond donors (Lipinski definition) is 0. The zero-order valence-corrected chi connectivity index (χ0v) is 17.3. The third kappa shape index (κ3) is 5.52. The molecular weight excluding hydrogens is 384 g/mol. The number of halogens is 1. The van der Waals surface area contributed by atoms with Crippen molar-refractivity contribution in [1.82, 2.24) is 9.47 Å². The van der Waals surface area contributed by atoms with Crippen LogP contribution in [0.25, 0.3) is 0 Å². The maximum atomic E-state index is 12.9. The van der Waals surface area contributed by atoms with Gasteiger partial charge >= 0.3 is 0 Å². The molecule has 0 atom stereocenters. The van der Waals surface area contributed by atoms with E-state index in [1.165, 1.54) is 0 Å². The van der Waals surface area contributed by atoms with Gasteiger partial charge < -0.3 is 14.2 Å². The largest absolute Gasteiger partial charge is 0.497 e. The Morgan fingerprint density at radius 3 is 2.59 bits per heavy atom. The lowest BCUT2D eigenvalue weighted by atomic mass is 10.1. The van der Waals surface area contributed by atoms with Gasteiger partial charge in [0.2, 0.25) is 5.91 Å². The van der Waals surface area contributed by atoms with Crippen molar-refractivity contribution in [2.75, 3.05) is 13.7 Å². The number of methoxy groups -OCH3 is 1. The van der Waals surface area contributed by atoms with E-state index in [2.05, 4.69) is 11.1 Å². The van der Waals surface area contributed by atoms with Gasteiger partial charge in [0.05, 0.1) is 20.1 Å². The minimum absolute atomic E-state index is 0.0561. The molecule has 0 aliphatic carbocycles. The average Bonchev–Trinajstić information content (AvgIpc) is 3.16. The standard InChI is InChI=1S/C24H25ClN2O2/c1-3-14-27(24(28)16-19-10-12-22(29-2)13-11-19)18-21-8-6-15-26(21)17-20-7-4-5-9-23(20)25/h3-13,15H,1,14,16-18H2,2H3. The van der Waals surface area contributed by atoms with E-state index in [0.29, 0.717) is 26.1 Å². The van der Waals surface area contributed by atoms with Crippen LogP contribution in [0.3, 0.4) is 0 Å². The Hall–Kier alpha value is -2.98. The number of nitrogens with zero attached hydrogens (tertiary/aromatic N) is 2. The highest BCUT2D eigenvalue weighted by atomic mass is 35.5. The highest BCUT2D eigenvalue weighted by Crippen LogP contribution is 2.19. The Labute approximate surface area is 177 Å². The summed E-state index contributed by atoms with van der Waals surface area (Å²) >= 11 is 6.31. The molecule has 0 unspecified atom stereocenters. The topological polar surface area (TPSA) is 34.5 Å². The predicted octanol–water partition coefficient (Wildman–Crippen LogP) is 4.96. The molecule has 0 saturated heterocycles. The molecule has 0 aliphatic heterocycles. The van der Waals surface area contributed by atoms with E-state index in [9.17, 15) is 4.79 Å². The molecule has 1 heterocycles. The molecule has 0 aliphatic rings. The highest BCUT2D eigenvalue weighted by Gasteiger charge is 2.16. The van der Waals surface area contributed by atoms with Gasteiger partial charge in [-0.25, -0.2) is 0 Å². The van der Waals surface area contributed by atoms with Crippen molar-refractivity contribution in [1.29, 1.82) is 0 Å². The van der Waals surface area contributed by atoms with Crippen molar-refractivity contribution in [3.63, 3.8) is 0 Å². The first-order valence-electron chi connectivity index (χ1n) is 9.49. The van der Waals surface area contributed by atoms with E-state index in [-0.39, 0.29) is 5.91 Å². The molecule has 150 valence electrons. The summed E-state index contributed by atoms with van der Waals surface area (Å²) < 4.78 is 7.30. The fourth-order valence-corrected chi connectivity index (χ4v) is 3.39. The summed E-state index contributed by atoms with van der Waals surface area (Å²) in [6, 6.07) is 19.4. The van der Waals surface area contributed by atoms with Crippen molar-refractivity contribution >= 4 is 17.5 Å². The van der Waals surface area contributed by atoms with E-state index in [1.807, 2.05) is 71.8 Å². The van der Waals surface area contributed by atoms with Gasteiger partial charge in [0, 0.05) is 30.0 Å². The van der Waals surface area contributed by atoms with Gasteiger partial charge in [0.1, 0.15) is 5.75 Å². The molecule has 3 aromatic rings. The summed E-state index contributed by atoms with van der Waals surface area (Å²) in [6.45, 7) is 5.48. The number of carbonyl (C=O) groups excluding carboxylic acids is 1. The smallest absolute Gasteiger partial charge is 0.227 e. The number of rotatable bonds is 9. The third-order valence-corrected chi connectivity index (χ3v) is 5.16. The molecule has 0 radical (unpaired) electrons. The second-order valence-corrected chi connectivity index (χ2v) is 7.21. The fraction of sp³-hybridized carbons (Fsp3) is 0.208. The predicted molar refractivity (Wildman–Crippen MR) is 117 cm³/mol. The lowest BCUT2D eigenvalue weighted by Crippen LogP contribution is -2.32. The summed E-state index contributed by atoms with van der Waals surface area (Å²) in [5.74, 6) is 0.835. The fourth-order valence-electron chi connectivity index (χ4n) is 3.19. The molecule has 1 aromatic heterocycles. The summed E-state index contributed by atoms with van der Waals surface area (Å²) in [5, 5.41) is 0.741. The molecular formula is C24H25ClN2O2. The van der Waals surface area contributed by atoms with Crippen molar-refractivity contribution in [3.8, 4) is 5.75 Å². The molecule has 1 amide bonds. The summed E-state index contributed by atoms with van der Waals surface area (Å²) in [5.41, 5.74) is 3.05. The van der Waals surface area contributed by atoms with Crippen molar-refractivity contribution in [3.05, 3.63) is 101 Å². The Bertz CT molecular complexity index is 963. The van der Waals surface area contributed by atoms with Crippen LogP contribution in [0.5, 0.6) is 5.75 Å². The Balaban J connectivity index is 1.72. The summed E-state index contributed by atoms with van der Waals surface area (Å²) in [4.78, 5) is 14.7. The van der Waals surface area contributed by atoms with Crippen LogP contribution in [0.15, 0.2) is 79.5 Å². The Morgan fingerprint density at radius 1 is 1.14 bits per heavy atom. The number of hydrogen-bond acceptors (Lipinski definition) is 2. The SMILES string of the molecule is C=CCN(Cc1cccn1Cc1ccccc1Cl)C(=O)Cc1ccc(OC)cc1. The molecule has 4 nitrogen and oxygen atoms in total. The maximum Gasteiger partial charge on any atom is 0.227 e. The quantitative estimate of drug-likeness (QED) is 0.469. The summed E-state index contributed by atoms with van der Waals surface area (Å²) in [6.07, 6.45) is 4.11. The van der Waals surface area contributed by atoms with Crippen LogP contribution < -0.4 is 4.74 Å². The summed E-state index contributed by atoms with van der Waals surface area (Å²) in [7, 11) is 1.63. The zero-order valence-electron chi connectivity index (χ0n) is 16.6. The minimum Gasteiger partial charge on any atom is -0.497 e. The van der Waals surface area contributed by atoms with Crippen molar-refractivity contribution < 1.29 is 9.53 Å². The van der Waals surface area contributed by atoms with Gasteiger partial charge in [-0.2, -0.15) is 0 Å². The lowest BCUT2D eigenvalue weighted by molar-refractivity contribution is -0.130. The second kappa shape index (κ2) is 9.99. The molecule has 2 aromatic carbocycles. The number of amides is 1. The van der Waals surface area contributed by atoms with Gasteiger partial charge in [-0.05, 0) is 41.5 Å². The molecule has 0 saturated carbocycles. The normalized spacial score (nSPS) is 10.6. The molecule has 3 rings (SSSR count). The minimum atomic E-state index is 0.0561. The molecule has 0 fully saturated rings. The van der Waals surface area contributed by atoms with Crippen LogP contribution in [0, 0.1) is 0 Å².